The van der Waals surface area contributed by atoms with E-state index < -0.39 is 0 Å². The van der Waals surface area contributed by atoms with Gasteiger partial charge in [0.05, 0.1) is 4.91 Å². The molecule has 1 aromatic rings. The number of likely N-dealkylation sites (tertiary alicyclic amines) is 2. The number of thioether (sulfide) groups is 1. The lowest BCUT2D eigenvalue weighted by atomic mass is 10.00. The summed E-state index contributed by atoms with van der Waals surface area (Å²) in [6, 6.07) is 8.89. The van der Waals surface area contributed by atoms with Gasteiger partial charge < -0.3 is 15.5 Å². The summed E-state index contributed by atoms with van der Waals surface area (Å²) >= 11 is 1.42. The molecule has 3 rings (SSSR count). The van der Waals surface area contributed by atoms with Crippen molar-refractivity contribution in [2.75, 3.05) is 26.2 Å². The summed E-state index contributed by atoms with van der Waals surface area (Å²) in [5, 5.41) is 0. The van der Waals surface area contributed by atoms with Gasteiger partial charge in [-0.25, -0.2) is 0 Å². The predicted octanol–water partition coefficient (Wildman–Crippen LogP) is 4.62. The maximum Gasteiger partial charge on any atom is 0.262 e. The lowest BCUT2D eigenvalue weighted by Crippen LogP contribution is -2.48. The monoisotopic (exact) mass is 413 g/mol. The number of aryl methyl sites for hydroxylation is 1. The van der Waals surface area contributed by atoms with Crippen LogP contribution in [-0.4, -0.2) is 47.9 Å². The zero-order valence-corrected chi connectivity index (χ0v) is 18.8. The Labute approximate surface area is 180 Å². The van der Waals surface area contributed by atoms with Crippen molar-refractivity contribution in [3.63, 3.8) is 0 Å². The second-order valence-electron chi connectivity index (χ2n) is 8.17. The maximum absolute atomic E-state index is 13.3. The number of rotatable bonds is 6. The quantitative estimate of drug-likeness (QED) is 0.692. The van der Waals surface area contributed by atoms with E-state index in [9.17, 15) is 4.79 Å². The third kappa shape index (κ3) is 5.46. The van der Waals surface area contributed by atoms with Crippen molar-refractivity contribution in [3.8, 4) is 0 Å². The smallest absolute Gasteiger partial charge is 0.262 e. The Kier molecular flexibility index (Phi) is 7.84. The lowest BCUT2D eigenvalue weighted by Gasteiger charge is -2.40. The number of benzene rings is 1. The third-order valence-electron chi connectivity index (χ3n) is 6.14. The van der Waals surface area contributed by atoms with E-state index in [-0.39, 0.29) is 5.91 Å². The summed E-state index contributed by atoms with van der Waals surface area (Å²) in [4.78, 5) is 19.4. The first-order chi connectivity index (χ1) is 14.0. The highest BCUT2D eigenvalue weighted by Gasteiger charge is 2.29. The molecule has 1 amide bonds. The van der Waals surface area contributed by atoms with Crippen LogP contribution in [0.25, 0.3) is 4.91 Å². The summed E-state index contributed by atoms with van der Waals surface area (Å²) < 4.78 is 0. The van der Waals surface area contributed by atoms with Gasteiger partial charge in [0.15, 0.2) is 0 Å². The van der Waals surface area contributed by atoms with E-state index >= 15 is 0 Å². The van der Waals surface area contributed by atoms with Gasteiger partial charge in [-0.05, 0) is 63.2 Å². The number of carbonyl (C=O) groups excluding carboxylic acids is 1. The average Bonchev–Trinajstić information content (AvgIpc) is 2.77. The number of hydrogen-bond acceptors (Lipinski definition) is 4. The van der Waals surface area contributed by atoms with Crippen LogP contribution in [0.5, 0.6) is 0 Å². The van der Waals surface area contributed by atoms with E-state index in [0.29, 0.717) is 16.6 Å². The van der Waals surface area contributed by atoms with Crippen molar-refractivity contribution in [1.29, 1.82) is 0 Å². The van der Waals surface area contributed by atoms with E-state index in [1.165, 1.54) is 49.7 Å². The van der Waals surface area contributed by atoms with Crippen molar-refractivity contribution in [2.45, 2.75) is 58.4 Å². The molecule has 2 heterocycles. The van der Waals surface area contributed by atoms with Crippen LogP contribution in [0.4, 0.5) is 0 Å². The minimum atomic E-state index is 0.0576. The van der Waals surface area contributed by atoms with Crippen LogP contribution >= 0.6 is 11.8 Å². The minimum Gasteiger partial charge on any atom is -0.401 e. The third-order valence-corrected chi connectivity index (χ3v) is 7.30. The molecule has 0 bridgehead atoms. The first-order valence-electron chi connectivity index (χ1n) is 11.0. The molecule has 2 saturated heterocycles. The van der Waals surface area contributed by atoms with Crippen LogP contribution < -0.4 is 5.73 Å². The van der Waals surface area contributed by atoms with E-state index in [1.807, 2.05) is 24.0 Å². The highest BCUT2D eigenvalue weighted by atomic mass is 32.2. The molecule has 4 nitrogen and oxygen atoms in total. The number of nitrogens with two attached hydrogens (primary N) is 1. The predicted molar refractivity (Wildman–Crippen MR) is 124 cm³/mol. The van der Waals surface area contributed by atoms with Crippen molar-refractivity contribution in [3.05, 3.63) is 52.6 Å². The Morgan fingerprint density at radius 1 is 1.14 bits per heavy atom. The average molecular weight is 414 g/mol. The summed E-state index contributed by atoms with van der Waals surface area (Å²) in [7, 11) is 0. The van der Waals surface area contributed by atoms with E-state index in [1.54, 1.807) is 0 Å². The topological polar surface area (TPSA) is 49.6 Å². The number of amides is 1. The van der Waals surface area contributed by atoms with Gasteiger partial charge in [0.2, 0.25) is 0 Å². The van der Waals surface area contributed by atoms with Gasteiger partial charge >= 0.3 is 0 Å². The van der Waals surface area contributed by atoms with Gasteiger partial charge in [-0.1, -0.05) is 56.0 Å². The lowest BCUT2D eigenvalue weighted by molar-refractivity contribution is -0.128. The molecule has 158 valence electrons. The van der Waals surface area contributed by atoms with Gasteiger partial charge in [0.25, 0.3) is 5.91 Å². The Bertz CT molecular complexity index is 755. The molecule has 5 heteroatoms. The van der Waals surface area contributed by atoms with Gasteiger partial charge in [-0.15, -0.1) is 0 Å². The van der Waals surface area contributed by atoms with Crippen LogP contribution in [0.1, 0.15) is 57.1 Å². The number of hydrogen-bond donors (Lipinski definition) is 1. The molecule has 1 aromatic carbocycles. The Hall–Kier alpha value is -1.72. The highest BCUT2D eigenvalue weighted by molar-refractivity contribution is 8.12. The van der Waals surface area contributed by atoms with Crippen molar-refractivity contribution < 1.29 is 4.79 Å². The Morgan fingerprint density at radius 2 is 1.79 bits per heavy atom. The molecule has 29 heavy (non-hydrogen) atoms. The molecule has 0 saturated carbocycles. The zero-order chi connectivity index (χ0) is 20.8. The Balaban J connectivity index is 1.63. The first-order valence-corrected chi connectivity index (χ1v) is 11.8. The molecule has 0 atom stereocenters. The second kappa shape index (κ2) is 10.4. The summed E-state index contributed by atoms with van der Waals surface area (Å²) in [6.07, 6.45) is 7.06. The molecule has 2 aliphatic heterocycles. The van der Waals surface area contributed by atoms with E-state index in [2.05, 4.69) is 30.5 Å². The molecular weight excluding hydrogens is 378 g/mol. The number of piperidine rings is 2. The number of allylic oxidation sites excluding steroid dienone is 1. The fourth-order valence-corrected chi connectivity index (χ4v) is 5.37. The van der Waals surface area contributed by atoms with Crippen molar-refractivity contribution >= 4 is 22.6 Å². The fourth-order valence-electron chi connectivity index (χ4n) is 4.43. The van der Waals surface area contributed by atoms with Crippen molar-refractivity contribution in [2.24, 2.45) is 5.73 Å². The van der Waals surface area contributed by atoms with Crippen LogP contribution in [-0.2, 0) is 11.2 Å². The van der Waals surface area contributed by atoms with Crippen LogP contribution in [0, 0.1) is 0 Å². The SMILES string of the molecule is C=C(S/C(C(=O)N1CCC(N2CCCCC2)CC1)=C(/C)N)c1ccccc1CC. The van der Waals surface area contributed by atoms with Gasteiger partial charge in [0.1, 0.15) is 0 Å². The van der Waals surface area contributed by atoms with Crippen LogP contribution in [0.2, 0.25) is 0 Å². The summed E-state index contributed by atoms with van der Waals surface area (Å²) in [6.45, 7) is 12.3. The first kappa shape index (κ1) is 22.0. The van der Waals surface area contributed by atoms with Crippen LogP contribution in [0.15, 0.2) is 41.4 Å². The van der Waals surface area contributed by atoms with Crippen molar-refractivity contribution in [1.82, 2.24) is 9.80 Å². The van der Waals surface area contributed by atoms with E-state index in [4.69, 9.17) is 5.73 Å². The molecular formula is C24H35N3OS. The minimum absolute atomic E-state index is 0.0576. The van der Waals surface area contributed by atoms with E-state index in [0.717, 1.165) is 42.8 Å². The second-order valence-corrected chi connectivity index (χ2v) is 9.27. The molecule has 0 unspecified atom stereocenters. The molecule has 2 N–H and O–H groups in total. The fraction of sp³-hybridized carbons (Fsp3) is 0.542. The standard InChI is InChI=1S/C24H35N3OS/c1-4-20-10-6-7-11-22(20)19(3)29-23(18(2)25)24(28)27-16-12-21(13-17-27)26-14-8-5-9-15-26/h6-7,10-11,21H,3-5,8-9,12-17,25H2,1-2H3/b23-18-. The zero-order valence-electron chi connectivity index (χ0n) is 18.0. The van der Waals surface area contributed by atoms with Gasteiger partial charge in [-0.2, -0.15) is 0 Å². The van der Waals surface area contributed by atoms with Gasteiger partial charge in [-0.3, -0.25) is 4.79 Å². The molecule has 0 aromatic heterocycles. The van der Waals surface area contributed by atoms with Gasteiger partial charge in [0, 0.05) is 29.7 Å². The molecule has 2 aliphatic rings. The molecule has 2 fully saturated rings. The summed E-state index contributed by atoms with van der Waals surface area (Å²) in [5.41, 5.74) is 9.08. The van der Waals surface area contributed by atoms with Crippen LogP contribution in [0.3, 0.4) is 0 Å². The highest BCUT2D eigenvalue weighted by Crippen LogP contribution is 2.36. The maximum atomic E-state index is 13.3. The number of nitrogens with zero attached hydrogens (tertiary/aromatic N) is 2. The molecule has 0 aliphatic carbocycles. The molecule has 0 spiro atoms. The summed E-state index contributed by atoms with van der Waals surface area (Å²) in [5.74, 6) is 0.0576. The normalized spacial score (nSPS) is 19.7. The molecule has 0 radical (unpaired) electrons. The Morgan fingerprint density at radius 3 is 2.41 bits per heavy atom. The largest absolute Gasteiger partial charge is 0.401 e. The number of carbonyl (C=O) groups is 1.